The van der Waals surface area contributed by atoms with Crippen molar-refractivity contribution >= 4 is 46.4 Å². The van der Waals surface area contributed by atoms with Gasteiger partial charge in [-0.1, -0.05) is 30.1 Å². The van der Waals surface area contributed by atoms with Crippen molar-refractivity contribution in [2.45, 2.75) is 19.8 Å². The Morgan fingerprint density at radius 1 is 1.06 bits per heavy atom. The van der Waals surface area contributed by atoms with Gasteiger partial charge in [-0.2, -0.15) is 0 Å². The van der Waals surface area contributed by atoms with E-state index >= 15 is 0 Å². The third-order valence-corrected chi connectivity index (χ3v) is 6.14. The van der Waals surface area contributed by atoms with Crippen molar-refractivity contribution in [3.63, 3.8) is 0 Å². The molecule has 2 amide bonds. The van der Waals surface area contributed by atoms with Gasteiger partial charge in [-0.05, 0) is 55.2 Å². The fourth-order valence-electron chi connectivity index (χ4n) is 3.52. The van der Waals surface area contributed by atoms with Crippen LogP contribution in [-0.4, -0.2) is 45.2 Å². The molecule has 1 aliphatic rings. The molecule has 0 aromatic heterocycles. The average Bonchev–Trinajstić information content (AvgIpc) is 2.76. The van der Waals surface area contributed by atoms with Crippen LogP contribution in [0.15, 0.2) is 36.4 Å². The minimum atomic E-state index is -0.330. The van der Waals surface area contributed by atoms with Crippen molar-refractivity contribution in [2.24, 2.45) is 5.92 Å². The lowest BCUT2D eigenvalue weighted by Gasteiger charge is -2.33. The van der Waals surface area contributed by atoms with Crippen LogP contribution in [0.3, 0.4) is 0 Å². The van der Waals surface area contributed by atoms with E-state index < -0.39 is 0 Å². The minimum absolute atomic E-state index is 0.198. The Morgan fingerprint density at radius 3 is 2.48 bits per heavy atom. The predicted octanol–water partition coefficient (Wildman–Crippen LogP) is 4.86. The monoisotopic (exact) mass is 463 g/mol. The summed E-state index contributed by atoms with van der Waals surface area (Å²) in [5.41, 5.74) is 2.31. The van der Waals surface area contributed by atoms with E-state index in [-0.39, 0.29) is 11.8 Å². The molecule has 0 atom stereocenters. The van der Waals surface area contributed by atoms with Crippen molar-refractivity contribution in [2.75, 3.05) is 43.6 Å². The average molecular weight is 464 g/mol. The van der Waals surface area contributed by atoms with Crippen LogP contribution in [0.1, 0.15) is 40.5 Å². The third kappa shape index (κ3) is 6.12. The molecule has 0 radical (unpaired) electrons. The minimum Gasteiger partial charge on any atom is -0.383 e. The van der Waals surface area contributed by atoms with Crippen LogP contribution in [0, 0.1) is 5.92 Å². The lowest BCUT2D eigenvalue weighted by atomic mass is 9.97. The summed E-state index contributed by atoms with van der Waals surface area (Å²) >= 11 is 12.0. The zero-order chi connectivity index (χ0) is 22.4. The molecule has 0 aliphatic carbocycles. The van der Waals surface area contributed by atoms with Gasteiger partial charge in [-0.25, -0.2) is 0 Å². The van der Waals surface area contributed by atoms with Crippen molar-refractivity contribution in [3.8, 4) is 0 Å². The molecular weight excluding hydrogens is 437 g/mol. The van der Waals surface area contributed by atoms with Crippen LogP contribution in [0.25, 0.3) is 0 Å². The Balaban J connectivity index is 1.84. The smallest absolute Gasteiger partial charge is 0.255 e. The topological polar surface area (TPSA) is 70.7 Å². The van der Waals surface area contributed by atoms with E-state index in [1.807, 2.05) is 12.1 Å². The van der Waals surface area contributed by atoms with Gasteiger partial charge in [0.05, 0.1) is 22.2 Å². The summed E-state index contributed by atoms with van der Waals surface area (Å²) < 4.78 is 5.03. The number of hydrogen-bond acceptors (Lipinski definition) is 4. The first-order valence-corrected chi connectivity index (χ1v) is 11.1. The number of nitrogens with one attached hydrogen (secondary N) is 2. The lowest BCUT2D eigenvalue weighted by Crippen LogP contribution is -2.35. The van der Waals surface area contributed by atoms with Gasteiger partial charge in [-0.15, -0.1) is 0 Å². The van der Waals surface area contributed by atoms with Crippen LogP contribution in [0.2, 0.25) is 10.0 Å². The number of benzene rings is 2. The predicted molar refractivity (Wildman–Crippen MR) is 126 cm³/mol. The van der Waals surface area contributed by atoms with Crippen molar-refractivity contribution < 1.29 is 14.3 Å². The molecule has 1 fully saturated rings. The highest BCUT2D eigenvalue weighted by molar-refractivity contribution is 6.42. The molecular formula is C23H27Cl2N3O3. The Morgan fingerprint density at radius 2 is 1.81 bits per heavy atom. The molecule has 0 unspecified atom stereocenters. The van der Waals surface area contributed by atoms with Gasteiger partial charge in [0.2, 0.25) is 0 Å². The maximum atomic E-state index is 12.9. The van der Waals surface area contributed by atoms with E-state index in [1.54, 1.807) is 25.3 Å². The highest BCUT2D eigenvalue weighted by atomic mass is 35.5. The Hall–Kier alpha value is -2.28. The first-order chi connectivity index (χ1) is 14.9. The highest BCUT2D eigenvalue weighted by Crippen LogP contribution is 2.29. The summed E-state index contributed by atoms with van der Waals surface area (Å²) in [5.74, 6) is 0.153. The number of rotatable bonds is 7. The SMILES string of the molecule is COCCNC(=O)c1cc(NC(=O)c2ccc(Cl)c(Cl)c2)ccc1N1CCC(C)CC1. The van der Waals surface area contributed by atoms with Gasteiger partial charge < -0.3 is 20.3 Å². The molecule has 8 heteroatoms. The number of piperidine rings is 1. The van der Waals surface area contributed by atoms with E-state index in [0.29, 0.717) is 45.9 Å². The number of carbonyl (C=O) groups excluding carboxylic acids is 2. The van der Waals surface area contributed by atoms with E-state index in [1.165, 1.54) is 6.07 Å². The van der Waals surface area contributed by atoms with Gasteiger partial charge in [-0.3, -0.25) is 9.59 Å². The number of halogens is 2. The Bertz CT molecular complexity index is 944. The summed E-state index contributed by atoms with van der Waals surface area (Å²) in [6, 6.07) is 10.1. The fraction of sp³-hybridized carbons (Fsp3) is 0.391. The number of nitrogens with zero attached hydrogens (tertiary/aromatic N) is 1. The van der Waals surface area contributed by atoms with E-state index in [2.05, 4.69) is 22.5 Å². The molecule has 166 valence electrons. The second kappa shape index (κ2) is 10.8. The molecule has 1 saturated heterocycles. The molecule has 2 aromatic carbocycles. The molecule has 2 aromatic rings. The maximum absolute atomic E-state index is 12.9. The number of hydrogen-bond donors (Lipinski definition) is 2. The van der Waals surface area contributed by atoms with Crippen LogP contribution in [0.4, 0.5) is 11.4 Å². The van der Waals surface area contributed by atoms with E-state index in [4.69, 9.17) is 27.9 Å². The van der Waals surface area contributed by atoms with Crippen molar-refractivity contribution in [1.82, 2.24) is 5.32 Å². The molecule has 0 bridgehead atoms. The van der Waals surface area contributed by atoms with Gasteiger partial charge >= 0.3 is 0 Å². The number of anilines is 2. The summed E-state index contributed by atoms with van der Waals surface area (Å²) in [5, 5.41) is 6.41. The van der Waals surface area contributed by atoms with E-state index in [0.717, 1.165) is 31.6 Å². The summed E-state index contributed by atoms with van der Waals surface area (Å²) in [7, 11) is 1.59. The van der Waals surface area contributed by atoms with Gasteiger partial charge in [0.15, 0.2) is 0 Å². The molecule has 3 rings (SSSR count). The quantitative estimate of drug-likeness (QED) is 0.575. The molecule has 6 nitrogen and oxygen atoms in total. The standard InChI is InChI=1S/C23H27Cl2N3O3/c1-15-7-10-28(11-8-15)21-6-4-17(14-18(21)23(30)26-9-12-31-2)27-22(29)16-3-5-19(24)20(25)13-16/h3-6,13-15H,7-12H2,1-2H3,(H,26,30)(H,27,29). The molecule has 0 saturated carbocycles. The molecule has 0 spiro atoms. The highest BCUT2D eigenvalue weighted by Gasteiger charge is 2.22. The normalized spacial score (nSPS) is 14.4. The second-order valence-corrected chi connectivity index (χ2v) is 8.55. The third-order valence-electron chi connectivity index (χ3n) is 5.40. The van der Waals surface area contributed by atoms with Crippen molar-refractivity contribution in [3.05, 3.63) is 57.6 Å². The summed E-state index contributed by atoms with van der Waals surface area (Å²) in [4.78, 5) is 27.8. The van der Waals surface area contributed by atoms with Gasteiger partial charge in [0.25, 0.3) is 11.8 Å². The first kappa shape index (κ1) is 23.4. The number of ether oxygens (including phenoxy) is 1. The largest absolute Gasteiger partial charge is 0.383 e. The lowest BCUT2D eigenvalue weighted by molar-refractivity contribution is 0.0936. The zero-order valence-corrected chi connectivity index (χ0v) is 19.2. The fourth-order valence-corrected chi connectivity index (χ4v) is 3.82. The van der Waals surface area contributed by atoms with Crippen LogP contribution >= 0.6 is 23.2 Å². The van der Waals surface area contributed by atoms with Gasteiger partial charge in [0, 0.05) is 43.7 Å². The number of methoxy groups -OCH3 is 1. The van der Waals surface area contributed by atoms with Crippen LogP contribution in [-0.2, 0) is 4.74 Å². The Labute approximate surface area is 192 Å². The molecule has 1 aliphatic heterocycles. The number of amides is 2. The van der Waals surface area contributed by atoms with Crippen LogP contribution in [0.5, 0.6) is 0 Å². The van der Waals surface area contributed by atoms with E-state index in [9.17, 15) is 9.59 Å². The number of carbonyl (C=O) groups is 2. The molecule has 2 N–H and O–H groups in total. The summed E-state index contributed by atoms with van der Waals surface area (Å²) in [6.45, 7) is 4.88. The zero-order valence-electron chi connectivity index (χ0n) is 17.7. The van der Waals surface area contributed by atoms with Gasteiger partial charge in [0.1, 0.15) is 0 Å². The second-order valence-electron chi connectivity index (χ2n) is 7.73. The molecule has 31 heavy (non-hydrogen) atoms. The first-order valence-electron chi connectivity index (χ1n) is 10.3. The molecule has 1 heterocycles. The maximum Gasteiger partial charge on any atom is 0.255 e. The Kier molecular flexibility index (Phi) is 8.18. The summed E-state index contributed by atoms with van der Waals surface area (Å²) in [6.07, 6.45) is 2.17. The van der Waals surface area contributed by atoms with Crippen LogP contribution < -0.4 is 15.5 Å². The van der Waals surface area contributed by atoms with Crippen molar-refractivity contribution in [1.29, 1.82) is 0 Å².